The minimum atomic E-state index is -4.02. The van der Waals surface area contributed by atoms with Crippen molar-refractivity contribution < 1.29 is 22.7 Å². The maximum absolute atomic E-state index is 13.7. The number of carbonyl (C=O) groups excluding carboxylic acids is 1. The Hall–Kier alpha value is -3.36. The van der Waals surface area contributed by atoms with Crippen LogP contribution in [0.5, 0.6) is 11.5 Å². The molecule has 1 heterocycles. The topological polar surface area (TPSA) is 84.9 Å². The first-order valence-electron chi connectivity index (χ1n) is 10.5. The molecule has 8 heteroatoms. The number of para-hydroxylation sites is 1. The molecule has 0 spiro atoms. The van der Waals surface area contributed by atoms with Gasteiger partial charge in [0.25, 0.3) is 0 Å². The highest BCUT2D eigenvalue weighted by Crippen LogP contribution is 2.34. The van der Waals surface area contributed by atoms with E-state index >= 15 is 0 Å². The number of benzene rings is 3. The van der Waals surface area contributed by atoms with Gasteiger partial charge in [0.1, 0.15) is 6.04 Å². The van der Waals surface area contributed by atoms with Crippen LogP contribution in [0.1, 0.15) is 16.7 Å². The van der Waals surface area contributed by atoms with E-state index in [2.05, 4.69) is 5.32 Å². The van der Waals surface area contributed by atoms with Crippen LogP contribution in [0, 0.1) is 6.92 Å². The highest BCUT2D eigenvalue weighted by molar-refractivity contribution is 7.89. The van der Waals surface area contributed by atoms with Gasteiger partial charge >= 0.3 is 0 Å². The van der Waals surface area contributed by atoms with E-state index in [0.717, 1.165) is 16.7 Å². The van der Waals surface area contributed by atoms with Crippen molar-refractivity contribution in [3.63, 3.8) is 0 Å². The third-order valence-electron chi connectivity index (χ3n) is 5.87. The number of amides is 1. The lowest BCUT2D eigenvalue weighted by molar-refractivity contribution is -0.120. The molecule has 1 amide bonds. The van der Waals surface area contributed by atoms with E-state index in [1.165, 1.54) is 30.7 Å². The number of hydrogen-bond acceptors (Lipinski definition) is 5. The number of sulfonamides is 1. The van der Waals surface area contributed by atoms with Crippen molar-refractivity contribution in [1.29, 1.82) is 0 Å². The van der Waals surface area contributed by atoms with Crippen molar-refractivity contribution in [1.82, 2.24) is 4.31 Å². The van der Waals surface area contributed by atoms with Crippen LogP contribution in [-0.4, -0.2) is 38.9 Å². The Labute approximate surface area is 194 Å². The van der Waals surface area contributed by atoms with Crippen LogP contribution < -0.4 is 14.8 Å². The Kier molecular flexibility index (Phi) is 6.40. The quantitative estimate of drug-likeness (QED) is 0.598. The summed E-state index contributed by atoms with van der Waals surface area (Å²) in [5.74, 6) is 0.356. The molecule has 0 unspecified atom stereocenters. The summed E-state index contributed by atoms with van der Waals surface area (Å²) in [5.41, 5.74) is 3.39. The summed E-state index contributed by atoms with van der Waals surface area (Å²) in [4.78, 5) is 13.4. The second kappa shape index (κ2) is 9.25. The maximum Gasteiger partial charge on any atom is 0.244 e. The molecule has 0 fully saturated rings. The van der Waals surface area contributed by atoms with Crippen molar-refractivity contribution in [2.45, 2.75) is 30.8 Å². The number of nitrogens with zero attached hydrogens (tertiary/aromatic N) is 1. The fourth-order valence-corrected chi connectivity index (χ4v) is 5.60. The Bertz CT molecular complexity index is 1290. The molecule has 0 saturated carbocycles. The van der Waals surface area contributed by atoms with E-state index in [9.17, 15) is 13.2 Å². The van der Waals surface area contributed by atoms with Crippen LogP contribution in [0.2, 0.25) is 0 Å². The molecule has 3 aromatic rings. The molecule has 3 aromatic carbocycles. The van der Waals surface area contributed by atoms with Gasteiger partial charge < -0.3 is 14.8 Å². The van der Waals surface area contributed by atoms with Gasteiger partial charge in [0, 0.05) is 18.3 Å². The Morgan fingerprint density at radius 1 is 0.939 bits per heavy atom. The van der Waals surface area contributed by atoms with E-state index in [-0.39, 0.29) is 23.8 Å². The molecule has 0 aliphatic carbocycles. The molecule has 33 heavy (non-hydrogen) atoms. The predicted octanol–water partition coefficient (Wildman–Crippen LogP) is 3.77. The molecule has 1 aliphatic rings. The number of aryl methyl sites for hydroxylation is 1. The molecule has 0 aromatic heterocycles. The fourth-order valence-electron chi connectivity index (χ4n) is 4.02. The van der Waals surface area contributed by atoms with Crippen LogP contribution >= 0.6 is 0 Å². The third-order valence-corrected chi connectivity index (χ3v) is 7.72. The van der Waals surface area contributed by atoms with Crippen molar-refractivity contribution in [3.8, 4) is 11.5 Å². The molecule has 0 radical (unpaired) electrons. The van der Waals surface area contributed by atoms with E-state index in [0.29, 0.717) is 17.2 Å². The number of fused-ring (bicyclic) bond motifs is 1. The largest absolute Gasteiger partial charge is 0.493 e. The first kappa shape index (κ1) is 22.8. The number of nitrogens with one attached hydrogen (secondary N) is 1. The van der Waals surface area contributed by atoms with E-state index < -0.39 is 16.1 Å². The van der Waals surface area contributed by atoms with Crippen molar-refractivity contribution in [2.24, 2.45) is 0 Å². The normalized spacial score (nSPS) is 16.0. The minimum Gasteiger partial charge on any atom is -0.493 e. The van der Waals surface area contributed by atoms with Gasteiger partial charge in [-0.3, -0.25) is 4.79 Å². The first-order valence-corrected chi connectivity index (χ1v) is 12.0. The van der Waals surface area contributed by atoms with Gasteiger partial charge in [-0.05, 0) is 48.2 Å². The lowest BCUT2D eigenvalue weighted by Gasteiger charge is -2.35. The Balaban J connectivity index is 1.74. The molecule has 0 saturated heterocycles. The highest BCUT2D eigenvalue weighted by atomic mass is 32.2. The van der Waals surface area contributed by atoms with Gasteiger partial charge in [-0.2, -0.15) is 4.31 Å². The van der Waals surface area contributed by atoms with Gasteiger partial charge in [0.15, 0.2) is 11.5 Å². The van der Waals surface area contributed by atoms with Crippen molar-refractivity contribution in [3.05, 3.63) is 83.4 Å². The average Bonchev–Trinajstić information content (AvgIpc) is 2.84. The number of anilines is 1. The molecule has 7 nitrogen and oxygen atoms in total. The third kappa shape index (κ3) is 4.44. The second-order valence-electron chi connectivity index (χ2n) is 7.86. The SMILES string of the molecule is COc1ccc(S(=O)(=O)N2Cc3ccccc3C[C@@H]2C(=O)Nc2ccccc2C)cc1OC. The summed E-state index contributed by atoms with van der Waals surface area (Å²) in [5, 5.41) is 2.92. The lowest BCUT2D eigenvalue weighted by atomic mass is 9.95. The molecule has 1 aliphatic heterocycles. The van der Waals surface area contributed by atoms with E-state index in [4.69, 9.17) is 9.47 Å². The van der Waals surface area contributed by atoms with Crippen LogP contribution in [-0.2, 0) is 27.8 Å². The van der Waals surface area contributed by atoms with Crippen LogP contribution in [0.3, 0.4) is 0 Å². The summed E-state index contributed by atoms with van der Waals surface area (Å²) in [7, 11) is -1.09. The predicted molar refractivity (Wildman–Crippen MR) is 126 cm³/mol. The van der Waals surface area contributed by atoms with Gasteiger partial charge in [-0.1, -0.05) is 42.5 Å². The lowest BCUT2D eigenvalue weighted by Crippen LogP contribution is -2.50. The molecule has 4 rings (SSSR count). The first-order chi connectivity index (χ1) is 15.8. The van der Waals surface area contributed by atoms with Crippen LogP contribution in [0.4, 0.5) is 5.69 Å². The Morgan fingerprint density at radius 3 is 2.30 bits per heavy atom. The van der Waals surface area contributed by atoms with Crippen LogP contribution in [0.25, 0.3) is 0 Å². The maximum atomic E-state index is 13.7. The molecule has 172 valence electrons. The van der Waals surface area contributed by atoms with Crippen molar-refractivity contribution >= 4 is 21.6 Å². The second-order valence-corrected chi connectivity index (χ2v) is 9.75. The standard InChI is InChI=1S/C25H26N2O5S/c1-17-8-4-7-11-21(17)26-25(28)22-14-18-9-5-6-10-19(18)16-27(22)33(29,30)20-12-13-23(31-2)24(15-20)32-3/h4-13,15,22H,14,16H2,1-3H3,(H,26,28)/t22-/m1/s1. The van der Waals surface area contributed by atoms with E-state index in [1.54, 1.807) is 12.1 Å². The van der Waals surface area contributed by atoms with Crippen molar-refractivity contribution in [2.75, 3.05) is 19.5 Å². The summed E-state index contributed by atoms with van der Waals surface area (Å²) in [6.07, 6.45) is 0.278. The zero-order chi connectivity index (χ0) is 23.6. The molecular formula is C25H26N2O5S. The fraction of sp³-hybridized carbons (Fsp3) is 0.240. The number of ether oxygens (including phenoxy) is 2. The van der Waals surface area contributed by atoms with Crippen LogP contribution in [0.15, 0.2) is 71.6 Å². The highest BCUT2D eigenvalue weighted by Gasteiger charge is 2.40. The number of methoxy groups -OCH3 is 2. The van der Waals surface area contributed by atoms with Gasteiger partial charge in [0.2, 0.25) is 15.9 Å². The molecule has 1 atom stereocenters. The zero-order valence-electron chi connectivity index (χ0n) is 18.7. The summed E-state index contributed by atoms with van der Waals surface area (Å²) in [6.45, 7) is 1.99. The summed E-state index contributed by atoms with van der Waals surface area (Å²) in [6, 6.07) is 18.5. The Morgan fingerprint density at radius 2 is 1.61 bits per heavy atom. The summed E-state index contributed by atoms with van der Waals surface area (Å²) >= 11 is 0. The zero-order valence-corrected chi connectivity index (χ0v) is 19.6. The molecular weight excluding hydrogens is 440 g/mol. The molecule has 1 N–H and O–H groups in total. The molecule has 0 bridgehead atoms. The smallest absolute Gasteiger partial charge is 0.244 e. The summed E-state index contributed by atoms with van der Waals surface area (Å²) < 4.78 is 39.3. The monoisotopic (exact) mass is 466 g/mol. The number of rotatable bonds is 6. The number of carbonyl (C=O) groups is 1. The van der Waals surface area contributed by atoms with E-state index in [1.807, 2.05) is 49.4 Å². The van der Waals surface area contributed by atoms with Gasteiger partial charge in [-0.25, -0.2) is 8.42 Å². The minimum absolute atomic E-state index is 0.0354. The average molecular weight is 467 g/mol. The van der Waals surface area contributed by atoms with Gasteiger partial charge in [0.05, 0.1) is 19.1 Å². The number of hydrogen-bond donors (Lipinski definition) is 1. The van der Waals surface area contributed by atoms with Gasteiger partial charge in [-0.15, -0.1) is 0 Å².